The van der Waals surface area contributed by atoms with Gasteiger partial charge in [-0.05, 0) is 50.1 Å². The second-order valence-electron chi connectivity index (χ2n) is 6.31. The fourth-order valence-electron chi connectivity index (χ4n) is 2.90. The first-order chi connectivity index (χ1) is 13.0. The van der Waals surface area contributed by atoms with Crippen LogP contribution >= 0.6 is 0 Å². The standard InChI is InChI=1S/C21H22N2O4/c1-4-15-11-19(24)27-20-13(2)18(9-8-17(15)20)26-14(3)21(25)23-12-16-7-5-6-10-22-16/h5-11,14H,4,12H2,1-3H3,(H,23,25)/t14-/m0/s1. The Morgan fingerprint density at radius 3 is 2.81 bits per heavy atom. The van der Waals surface area contributed by atoms with Crippen LogP contribution in [0.15, 0.2) is 51.8 Å². The molecule has 1 N–H and O–H groups in total. The molecule has 3 aromatic rings. The summed E-state index contributed by atoms with van der Waals surface area (Å²) < 4.78 is 11.2. The van der Waals surface area contributed by atoms with Crippen LogP contribution in [0.25, 0.3) is 11.0 Å². The van der Waals surface area contributed by atoms with Crippen LogP contribution in [0.4, 0.5) is 0 Å². The van der Waals surface area contributed by atoms with Crippen LogP contribution in [-0.2, 0) is 17.8 Å². The summed E-state index contributed by atoms with van der Waals surface area (Å²) in [5, 5.41) is 3.69. The number of pyridine rings is 1. The zero-order valence-corrected chi connectivity index (χ0v) is 15.6. The van der Waals surface area contributed by atoms with Gasteiger partial charge in [0.2, 0.25) is 0 Å². The molecule has 0 unspecified atom stereocenters. The summed E-state index contributed by atoms with van der Waals surface area (Å²) in [6.07, 6.45) is 1.71. The van der Waals surface area contributed by atoms with Gasteiger partial charge in [-0.1, -0.05) is 13.0 Å². The molecule has 140 valence electrons. The minimum Gasteiger partial charge on any atom is -0.480 e. The third-order valence-electron chi connectivity index (χ3n) is 4.42. The Labute approximate surface area is 157 Å². The van der Waals surface area contributed by atoms with Crippen LogP contribution in [0.2, 0.25) is 0 Å². The van der Waals surface area contributed by atoms with Crippen molar-refractivity contribution in [3.8, 4) is 5.75 Å². The summed E-state index contributed by atoms with van der Waals surface area (Å²) in [4.78, 5) is 28.3. The highest BCUT2D eigenvalue weighted by Gasteiger charge is 2.18. The minimum absolute atomic E-state index is 0.246. The number of rotatable bonds is 6. The molecule has 6 nitrogen and oxygen atoms in total. The Bertz CT molecular complexity index is 1010. The quantitative estimate of drug-likeness (QED) is 0.678. The molecular formula is C21H22N2O4. The lowest BCUT2D eigenvalue weighted by Gasteiger charge is -2.17. The van der Waals surface area contributed by atoms with Crippen molar-refractivity contribution >= 4 is 16.9 Å². The van der Waals surface area contributed by atoms with Gasteiger partial charge in [0.05, 0.1) is 12.2 Å². The van der Waals surface area contributed by atoms with Gasteiger partial charge in [0.15, 0.2) is 6.10 Å². The van der Waals surface area contributed by atoms with Gasteiger partial charge in [-0.2, -0.15) is 0 Å². The second-order valence-corrected chi connectivity index (χ2v) is 6.31. The van der Waals surface area contributed by atoms with Gasteiger partial charge in [-0.15, -0.1) is 0 Å². The molecule has 27 heavy (non-hydrogen) atoms. The lowest BCUT2D eigenvalue weighted by atomic mass is 10.0. The fourth-order valence-corrected chi connectivity index (χ4v) is 2.90. The Morgan fingerprint density at radius 1 is 1.30 bits per heavy atom. The van der Waals surface area contributed by atoms with E-state index in [9.17, 15) is 9.59 Å². The molecule has 6 heteroatoms. The first kappa shape index (κ1) is 18.6. The Balaban J connectivity index is 1.76. The van der Waals surface area contributed by atoms with Gasteiger partial charge in [-0.3, -0.25) is 9.78 Å². The summed E-state index contributed by atoms with van der Waals surface area (Å²) in [6, 6.07) is 10.7. The Kier molecular flexibility index (Phi) is 5.54. The van der Waals surface area contributed by atoms with Crippen molar-refractivity contribution < 1.29 is 13.9 Å². The molecule has 1 atom stereocenters. The van der Waals surface area contributed by atoms with E-state index in [-0.39, 0.29) is 11.5 Å². The number of aryl methyl sites for hydroxylation is 2. The molecule has 2 aromatic heterocycles. The predicted molar refractivity (Wildman–Crippen MR) is 103 cm³/mol. The maximum atomic E-state index is 12.3. The number of carbonyl (C=O) groups is 1. The average molecular weight is 366 g/mol. The molecule has 0 saturated heterocycles. The number of hydrogen-bond acceptors (Lipinski definition) is 5. The van der Waals surface area contributed by atoms with E-state index in [0.29, 0.717) is 23.4 Å². The second kappa shape index (κ2) is 8.03. The van der Waals surface area contributed by atoms with Crippen LogP contribution in [0.1, 0.15) is 30.7 Å². The number of carbonyl (C=O) groups excluding carboxylic acids is 1. The molecule has 0 spiro atoms. The summed E-state index contributed by atoms with van der Waals surface area (Å²) in [6.45, 7) is 5.81. The molecule has 0 aliphatic heterocycles. The first-order valence-electron chi connectivity index (χ1n) is 8.90. The van der Waals surface area contributed by atoms with E-state index in [1.165, 1.54) is 6.07 Å². The van der Waals surface area contributed by atoms with Gasteiger partial charge in [-0.25, -0.2) is 4.79 Å². The third-order valence-corrected chi connectivity index (χ3v) is 4.42. The number of aromatic nitrogens is 1. The summed E-state index contributed by atoms with van der Waals surface area (Å²) in [7, 11) is 0. The van der Waals surface area contributed by atoms with Gasteiger partial charge in [0.25, 0.3) is 5.91 Å². The number of nitrogens with zero attached hydrogens (tertiary/aromatic N) is 1. The molecule has 1 aromatic carbocycles. The van der Waals surface area contributed by atoms with Crippen molar-refractivity contribution in [3.05, 3.63) is 69.8 Å². The van der Waals surface area contributed by atoms with Crippen molar-refractivity contribution in [1.29, 1.82) is 0 Å². The SMILES string of the molecule is CCc1cc(=O)oc2c(C)c(O[C@@H](C)C(=O)NCc3ccccn3)ccc12. The van der Waals surface area contributed by atoms with Crippen LogP contribution in [0.5, 0.6) is 5.75 Å². The smallest absolute Gasteiger partial charge is 0.336 e. The zero-order valence-electron chi connectivity index (χ0n) is 15.6. The fraction of sp³-hybridized carbons (Fsp3) is 0.286. The first-order valence-corrected chi connectivity index (χ1v) is 8.90. The van der Waals surface area contributed by atoms with E-state index >= 15 is 0 Å². The summed E-state index contributed by atoms with van der Waals surface area (Å²) >= 11 is 0. The molecule has 1 amide bonds. The van der Waals surface area contributed by atoms with E-state index < -0.39 is 6.10 Å². The topological polar surface area (TPSA) is 81.4 Å². The number of hydrogen-bond donors (Lipinski definition) is 1. The molecule has 0 saturated carbocycles. The number of amides is 1. The predicted octanol–water partition coefficient (Wildman–Crippen LogP) is 3.14. The van der Waals surface area contributed by atoms with Crippen LogP contribution in [0.3, 0.4) is 0 Å². The highest BCUT2D eigenvalue weighted by molar-refractivity contribution is 5.85. The number of benzene rings is 1. The zero-order chi connectivity index (χ0) is 19.4. The Hall–Kier alpha value is -3.15. The van der Waals surface area contributed by atoms with Crippen LogP contribution in [-0.4, -0.2) is 17.0 Å². The van der Waals surface area contributed by atoms with Crippen molar-refractivity contribution in [3.63, 3.8) is 0 Å². The van der Waals surface area contributed by atoms with Gasteiger partial charge < -0.3 is 14.5 Å². The van der Waals surface area contributed by atoms with Crippen molar-refractivity contribution in [2.45, 2.75) is 39.8 Å². The van der Waals surface area contributed by atoms with E-state index in [4.69, 9.17) is 9.15 Å². The molecule has 0 aliphatic carbocycles. The normalized spacial score (nSPS) is 12.0. The maximum absolute atomic E-state index is 12.3. The van der Waals surface area contributed by atoms with Crippen molar-refractivity contribution in [1.82, 2.24) is 10.3 Å². The van der Waals surface area contributed by atoms with E-state index in [1.54, 1.807) is 19.2 Å². The van der Waals surface area contributed by atoms with Crippen molar-refractivity contribution in [2.24, 2.45) is 0 Å². The maximum Gasteiger partial charge on any atom is 0.336 e. The van der Waals surface area contributed by atoms with E-state index in [0.717, 1.165) is 23.1 Å². The summed E-state index contributed by atoms with van der Waals surface area (Å²) in [5.41, 5.74) is 2.51. The van der Waals surface area contributed by atoms with Crippen molar-refractivity contribution in [2.75, 3.05) is 0 Å². The lowest BCUT2D eigenvalue weighted by Crippen LogP contribution is -2.36. The largest absolute Gasteiger partial charge is 0.480 e. The average Bonchev–Trinajstić information content (AvgIpc) is 2.68. The van der Waals surface area contributed by atoms with E-state index in [1.807, 2.05) is 38.1 Å². The number of ether oxygens (including phenoxy) is 1. The van der Waals surface area contributed by atoms with Gasteiger partial charge in [0.1, 0.15) is 11.3 Å². The third kappa shape index (κ3) is 4.16. The lowest BCUT2D eigenvalue weighted by molar-refractivity contribution is -0.127. The Morgan fingerprint density at radius 2 is 2.11 bits per heavy atom. The monoisotopic (exact) mass is 366 g/mol. The molecule has 0 aliphatic rings. The molecule has 3 rings (SSSR count). The van der Waals surface area contributed by atoms with Crippen LogP contribution in [0, 0.1) is 6.92 Å². The van der Waals surface area contributed by atoms with Gasteiger partial charge >= 0.3 is 5.63 Å². The molecular weight excluding hydrogens is 344 g/mol. The molecule has 0 radical (unpaired) electrons. The molecule has 0 bridgehead atoms. The number of nitrogens with one attached hydrogen (secondary N) is 1. The van der Waals surface area contributed by atoms with Crippen LogP contribution < -0.4 is 15.7 Å². The highest BCUT2D eigenvalue weighted by atomic mass is 16.5. The molecule has 0 fully saturated rings. The highest BCUT2D eigenvalue weighted by Crippen LogP contribution is 2.29. The van der Waals surface area contributed by atoms with Gasteiger partial charge in [0, 0.05) is 23.2 Å². The molecule has 2 heterocycles. The minimum atomic E-state index is -0.703. The number of fused-ring (bicyclic) bond motifs is 1. The summed E-state index contributed by atoms with van der Waals surface area (Å²) in [5.74, 6) is 0.267. The van der Waals surface area contributed by atoms with E-state index in [2.05, 4.69) is 10.3 Å².